The molecule has 3 amide bonds. The van der Waals surface area contributed by atoms with Crippen molar-refractivity contribution in [2.24, 2.45) is 5.92 Å². The zero-order chi connectivity index (χ0) is 18.4. The number of carbonyl (C=O) groups excluding carboxylic acids is 2. The first-order valence-corrected chi connectivity index (χ1v) is 10.7. The van der Waals surface area contributed by atoms with Gasteiger partial charge in [0.05, 0.1) is 16.6 Å². The molecule has 0 saturated heterocycles. The second-order valence-electron chi connectivity index (χ2n) is 6.18. The second-order valence-corrected chi connectivity index (χ2v) is 8.84. The number of aromatic nitrogens is 1. The molecule has 0 atom stereocenters. The molecule has 0 aromatic carbocycles. The van der Waals surface area contributed by atoms with Crippen LogP contribution < -0.4 is 16.0 Å². The highest BCUT2D eigenvalue weighted by molar-refractivity contribution is 7.16. The molecule has 1 aliphatic carbocycles. The summed E-state index contributed by atoms with van der Waals surface area (Å²) in [4.78, 5) is 29.3. The van der Waals surface area contributed by atoms with E-state index in [4.69, 9.17) is 11.6 Å². The lowest BCUT2D eigenvalue weighted by Crippen LogP contribution is -2.31. The third-order valence-electron chi connectivity index (χ3n) is 4.23. The van der Waals surface area contributed by atoms with E-state index in [0.717, 1.165) is 36.3 Å². The van der Waals surface area contributed by atoms with Gasteiger partial charge in [-0.1, -0.05) is 24.4 Å². The van der Waals surface area contributed by atoms with E-state index in [1.807, 2.05) is 11.4 Å². The van der Waals surface area contributed by atoms with Gasteiger partial charge in [0, 0.05) is 29.1 Å². The molecule has 0 bridgehead atoms. The summed E-state index contributed by atoms with van der Waals surface area (Å²) in [5.41, 5.74) is 0.863. The fourth-order valence-electron chi connectivity index (χ4n) is 2.88. The summed E-state index contributed by atoms with van der Waals surface area (Å²) >= 11 is 8.67. The summed E-state index contributed by atoms with van der Waals surface area (Å²) in [6, 6.07) is 3.39. The van der Waals surface area contributed by atoms with E-state index in [0.29, 0.717) is 29.0 Å². The van der Waals surface area contributed by atoms with Crippen molar-refractivity contribution in [3.05, 3.63) is 32.4 Å². The SMILES string of the molecule is O=C(NCc1ccc(Cl)s1)Nc1nc(CCNC(=O)C2CCCC2)cs1. The minimum atomic E-state index is -0.301. The number of thiophene rings is 1. The largest absolute Gasteiger partial charge is 0.355 e. The number of hydrogen-bond donors (Lipinski definition) is 3. The van der Waals surface area contributed by atoms with Crippen molar-refractivity contribution in [3.63, 3.8) is 0 Å². The van der Waals surface area contributed by atoms with E-state index in [9.17, 15) is 9.59 Å². The maximum Gasteiger partial charge on any atom is 0.321 e. The molecule has 0 unspecified atom stereocenters. The van der Waals surface area contributed by atoms with Gasteiger partial charge in [0.1, 0.15) is 0 Å². The van der Waals surface area contributed by atoms with Crippen molar-refractivity contribution in [1.82, 2.24) is 15.6 Å². The molecule has 9 heteroatoms. The fraction of sp³-hybridized carbons (Fsp3) is 0.471. The van der Waals surface area contributed by atoms with Crippen LogP contribution in [0, 0.1) is 5.92 Å². The number of carbonyl (C=O) groups is 2. The van der Waals surface area contributed by atoms with Crippen LogP contribution in [0.5, 0.6) is 0 Å². The molecule has 1 saturated carbocycles. The first kappa shape index (κ1) is 19.1. The zero-order valence-electron chi connectivity index (χ0n) is 14.2. The van der Waals surface area contributed by atoms with Crippen molar-refractivity contribution >= 4 is 51.3 Å². The molecule has 1 aliphatic rings. The molecule has 0 spiro atoms. The molecule has 1 fully saturated rings. The monoisotopic (exact) mass is 412 g/mol. The van der Waals surface area contributed by atoms with Crippen molar-refractivity contribution in [2.45, 2.75) is 38.6 Å². The predicted molar refractivity (Wildman–Crippen MR) is 106 cm³/mol. The van der Waals surface area contributed by atoms with Crippen LogP contribution in [0.25, 0.3) is 0 Å². The summed E-state index contributed by atoms with van der Waals surface area (Å²) in [5.74, 6) is 0.341. The van der Waals surface area contributed by atoms with Gasteiger partial charge in [-0.3, -0.25) is 10.1 Å². The summed E-state index contributed by atoms with van der Waals surface area (Å²) in [7, 11) is 0. The van der Waals surface area contributed by atoms with Crippen LogP contribution in [0.15, 0.2) is 17.5 Å². The lowest BCUT2D eigenvalue weighted by Gasteiger charge is -2.09. The van der Waals surface area contributed by atoms with E-state index < -0.39 is 0 Å². The molecule has 2 heterocycles. The average molecular weight is 413 g/mol. The standard InChI is InChI=1S/C17H21ClN4O2S2/c18-14-6-5-13(26-14)9-20-16(24)22-17-21-12(10-25-17)7-8-19-15(23)11-3-1-2-4-11/h5-6,10-11H,1-4,7-9H2,(H,19,23)(H2,20,21,22,24). The molecule has 2 aromatic heterocycles. The molecule has 3 N–H and O–H groups in total. The molecule has 6 nitrogen and oxygen atoms in total. The molecule has 0 radical (unpaired) electrons. The molecule has 3 rings (SSSR count). The summed E-state index contributed by atoms with van der Waals surface area (Å²) in [6.45, 7) is 0.999. The number of nitrogens with one attached hydrogen (secondary N) is 3. The smallest absolute Gasteiger partial charge is 0.321 e. The Bertz CT molecular complexity index is 756. The van der Waals surface area contributed by atoms with Crippen molar-refractivity contribution in [3.8, 4) is 0 Å². The molecule has 0 aliphatic heterocycles. The number of nitrogens with zero attached hydrogens (tertiary/aromatic N) is 1. The van der Waals surface area contributed by atoms with Crippen LogP contribution in [0.2, 0.25) is 4.34 Å². The van der Waals surface area contributed by atoms with Gasteiger partial charge in [-0.05, 0) is 25.0 Å². The average Bonchev–Trinajstić information content (AvgIpc) is 3.35. The molecule has 26 heavy (non-hydrogen) atoms. The third kappa shape index (κ3) is 5.69. The van der Waals surface area contributed by atoms with Crippen LogP contribution in [-0.2, 0) is 17.8 Å². The first-order chi connectivity index (χ1) is 12.6. The summed E-state index contributed by atoms with van der Waals surface area (Å²) < 4.78 is 0.701. The minimum absolute atomic E-state index is 0.157. The Morgan fingerprint density at radius 3 is 2.77 bits per heavy atom. The third-order valence-corrected chi connectivity index (χ3v) is 6.27. The second kappa shape index (κ2) is 9.34. The Labute approximate surface area is 165 Å². The fourth-order valence-corrected chi connectivity index (χ4v) is 4.65. The van der Waals surface area contributed by atoms with Crippen molar-refractivity contribution in [2.75, 3.05) is 11.9 Å². The number of urea groups is 1. The van der Waals surface area contributed by atoms with Gasteiger partial charge < -0.3 is 10.6 Å². The molecular weight excluding hydrogens is 392 g/mol. The number of rotatable bonds is 7. The zero-order valence-corrected chi connectivity index (χ0v) is 16.6. The summed E-state index contributed by atoms with van der Waals surface area (Å²) in [5, 5.41) is 10.9. The Balaban J connectivity index is 1.37. The van der Waals surface area contributed by atoms with Gasteiger partial charge in [-0.2, -0.15) is 0 Å². The highest BCUT2D eigenvalue weighted by Crippen LogP contribution is 2.24. The van der Waals surface area contributed by atoms with Gasteiger partial charge in [0.15, 0.2) is 5.13 Å². The molecule has 140 valence electrons. The Kier molecular flexibility index (Phi) is 6.87. The first-order valence-electron chi connectivity index (χ1n) is 8.61. The van der Waals surface area contributed by atoms with Gasteiger partial charge in [0.25, 0.3) is 0 Å². The van der Waals surface area contributed by atoms with Crippen LogP contribution in [-0.4, -0.2) is 23.5 Å². The van der Waals surface area contributed by atoms with Crippen molar-refractivity contribution < 1.29 is 9.59 Å². The van der Waals surface area contributed by atoms with E-state index in [1.165, 1.54) is 22.7 Å². The Morgan fingerprint density at radius 2 is 2.04 bits per heavy atom. The number of thiazole rings is 1. The highest BCUT2D eigenvalue weighted by Gasteiger charge is 2.22. The summed E-state index contributed by atoms with van der Waals surface area (Å²) in [6.07, 6.45) is 4.97. The van der Waals surface area contributed by atoms with Gasteiger partial charge in [-0.15, -0.1) is 22.7 Å². The van der Waals surface area contributed by atoms with Gasteiger partial charge >= 0.3 is 6.03 Å². The maximum absolute atomic E-state index is 12.0. The Morgan fingerprint density at radius 1 is 1.23 bits per heavy atom. The topological polar surface area (TPSA) is 83.1 Å². The van der Waals surface area contributed by atoms with E-state index in [-0.39, 0.29) is 17.9 Å². The number of hydrogen-bond acceptors (Lipinski definition) is 5. The molecule has 2 aromatic rings. The Hall–Kier alpha value is -1.64. The van der Waals surface area contributed by atoms with Crippen LogP contribution >= 0.6 is 34.3 Å². The number of amides is 3. The van der Waals surface area contributed by atoms with Gasteiger partial charge in [-0.25, -0.2) is 9.78 Å². The number of anilines is 1. The van der Waals surface area contributed by atoms with E-state index >= 15 is 0 Å². The highest BCUT2D eigenvalue weighted by atomic mass is 35.5. The van der Waals surface area contributed by atoms with Crippen molar-refractivity contribution in [1.29, 1.82) is 0 Å². The molecular formula is C17H21ClN4O2S2. The quantitative estimate of drug-likeness (QED) is 0.642. The predicted octanol–water partition coefficient (Wildman–Crippen LogP) is 4.03. The maximum atomic E-state index is 12.0. The lowest BCUT2D eigenvalue weighted by molar-refractivity contribution is -0.124. The van der Waals surface area contributed by atoms with Crippen LogP contribution in [0.3, 0.4) is 0 Å². The normalized spacial score (nSPS) is 14.3. The number of halogens is 1. The minimum Gasteiger partial charge on any atom is -0.355 e. The van der Waals surface area contributed by atoms with E-state index in [1.54, 1.807) is 6.07 Å². The van der Waals surface area contributed by atoms with E-state index in [2.05, 4.69) is 20.9 Å². The van der Waals surface area contributed by atoms with Crippen LogP contribution in [0.4, 0.5) is 9.93 Å². The van der Waals surface area contributed by atoms with Crippen LogP contribution in [0.1, 0.15) is 36.3 Å². The van der Waals surface area contributed by atoms with Gasteiger partial charge in [0.2, 0.25) is 5.91 Å². The lowest BCUT2D eigenvalue weighted by atomic mass is 10.1.